The number of alkyl halides is 3. The minimum atomic E-state index is -4.77. The maximum atomic E-state index is 14.7. The summed E-state index contributed by atoms with van der Waals surface area (Å²) in [6.45, 7) is 2.48. The van der Waals surface area contributed by atoms with Crippen LogP contribution >= 0.6 is 11.6 Å². The molecule has 12 heteroatoms. The fourth-order valence-electron chi connectivity index (χ4n) is 3.88. The first kappa shape index (κ1) is 26.6. The van der Waals surface area contributed by atoms with Crippen molar-refractivity contribution in [3.8, 4) is 23.1 Å². The topological polar surface area (TPSA) is 87.8 Å². The molecule has 0 fully saturated rings. The average Bonchev–Trinajstić information content (AvgIpc) is 3.16. The van der Waals surface area contributed by atoms with Gasteiger partial charge in [-0.15, -0.1) is 0 Å². The second kappa shape index (κ2) is 9.78. The van der Waals surface area contributed by atoms with Crippen LogP contribution in [0.5, 0.6) is 0 Å². The number of fused-ring (bicyclic) bond motifs is 1. The molecular formula is C25H19ClF4N4O2S. The van der Waals surface area contributed by atoms with Crippen molar-refractivity contribution in [2.45, 2.75) is 37.4 Å². The highest BCUT2D eigenvalue weighted by Gasteiger charge is 2.39. The van der Waals surface area contributed by atoms with Gasteiger partial charge in [-0.3, -0.25) is 4.98 Å². The van der Waals surface area contributed by atoms with Crippen molar-refractivity contribution in [3.63, 3.8) is 0 Å². The lowest BCUT2D eigenvalue weighted by molar-refractivity contribution is -0.147. The SMILES string of the molecule is CCc1cc2c(cc1F)c(C#N)c(-c1ccc(S(=O)(=O)NC(C)C(F)(F)F)cn1)n2-c1ccc(Cl)cc1. The van der Waals surface area contributed by atoms with Crippen LogP contribution in [-0.4, -0.2) is 30.2 Å². The highest BCUT2D eigenvalue weighted by Crippen LogP contribution is 2.37. The Labute approximate surface area is 215 Å². The zero-order valence-electron chi connectivity index (χ0n) is 19.4. The number of benzene rings is 2. The molecule has 0 radical (unpaired) electrons. The van der Waals surface area contributed by atoms with Gasteiger partial charge in [0.1, 0.15) is 22.8 Å². The Bertz CT molecular complexity index is 1630. The number of rotatable bonds is 6. The molecule has 1 N–H and O–H groups in total. The molecule has 1 atom stereocenters. The second-order valence-electron chi connectivity index (χ2n) is 8.23. The third-order valence-electron chi connectivity index (χ3n) is 5.83. The molecule has 37 heavy (non-hydrogen) atoms. The second-order valence-corrected chi connectivity index (χ2v) is 10.4. The molecule has 0 spiro atoms. The number of halogens is 5. The Morgan fingerprint density at radius 2 is 1.84 bits per heavy atom. The van der Waals surface area contributed by atoms with E-state index in [1.165, 1.54) is 12.1 Å². The van der Waals surface area contributed by atoms with Gasteiger partial charge in [0.15, 0.2) is 0 Å². The lowest BCUT2D eigenvalue weighted by Crippen LogP contribution is -2.42. The fourth-order valence-corrected chi connectivity index (χ4v) is 5.18. The van der Waals surface area contributed by atoms with Crippen LogP contribution < -0.4 is 4.72 Å². The standard InChI is InChI=1S/C25H19ClF4N4O2S/c1-3-15-10-23-19(11-21(15)27)20(12-31)24(34(23)17-6-4-16(26)5-7-17)22-9-8-18(13-32-22)37(35,36)33-14(2)25(28,29)30/h4-11,13-14,33H,3H2,1-2H3. The van der Waals surface area contributed by atoms with E-state index in [0.717, 1.165) is 12.3 Å². The van der Waals surface area contributed by atoms with Crippen molar-refractivity contribution in [2.75, 3.05) is 0 Å². The number of nitriles is 1. The van der Waals surface area contributed by atoms with Crippen LogP contribution in [0.1, 0.15) is 25.0 Å². The number of hydrogen-bond donors (Lipinski definition) is 1. The van der Waals surface area contributed by atoms with E-state index in [4.69, 9.17) is 11.6 Å². The highest BCUT2D eigenvalue weighted by molar-refractivity contribution is 7.89. The van der Waals surface area contributed by atoms with Gasteiger partial charge in [-0.2, -0.15) is 23.2 Å². The van der Waals surface area contributed by atoms with Gasteiger partial charge in [-0.1, -0.05) is 18.5 Å². The van der Waals surface area contributed by atoms with Gasteiger partial charge in [-0.05, 0) is 67.4 Å². The first-order valence-corrected chi connectivity index (χ1v) is 12.8. The van der Waals surface area contributed by atoms with Crippen LogP contribution in [0.3, 0.4) is 0 Å². The Balaban J connectivity index is 1.92. The first-order valence-electron chi connectivity index (χ1n) is 11.0. The largest absolute Gasteiger partial charge is 0.404 e. The van der Waals surface area contributed by atoms with Crippen LogP contribution in [0.25, 0.3) is 28.0 Å². The first-order chi connectivity index (χ1) is 17.4. The van der Waals surface area contributed by atoms with E-state index in [1.807, 2.05) is 0 Å². The van der Waals surface area contributed by atoms with Gasteiger partial charge in [0.2, 0.25) is 10.0 Å². The highest BCUT2D eigenvalue weighted by atomic mass is 35.5. The smallest absolute Gasteiger partial charge is 0.307 e. The van der Waals surface area contributed by atoms with Crippen molar-refractivity contribution in [1.29, 1.82) is 5.26 Å². The van der Waals surface area contributed by atoms with E-state index in [9.17, 15) is 31.2 Å². The Kier molecular flexibility index (Phi) is 7.03. The monoisotopic (exact) mass is 550 g/mol. The molecule has 0 amide bonds. The summed E-state index contributed by atoms with van der Waals surface area (Å²) in [5.74, 6) is -0.481. The van der Waals surface area contributed by atoms with E-state index in [-0.39, 0.29) is 17.0 Å². The van der Waals surface area contributed by atoms with E-state index < -0.39 is 33.0 Å². The van der Waals surface area contributed by atoms with Crippen LogP contribution in [0, 0.1) is 17.1 Å². The zero-order valence-corrected chi connectivity index (χ0v) is 21.0. The maximum absolute atomic E-state index is 14.7. The number of nitrogens with zero attached hydrogens (tertiary/aromatic N) is 3. The Hall–Kier alpha value is -3.46. The van der Waals surface area contributed by atoms with Gasteiger partial charge in [-0.25, -0.2) is 12.8 Å². The normalized spacial score (nSPS) is 13.0. The fraction of sp³-hybridized carbons (Fsp3) is 0.200. The van der Waals surface area contributed by atoms with E-state index >= 15 is 0 Å². The molecule has 0 aliphatic carbocycles. The predicted octanol–water partition coefficient (Wildman–Crippen LogP) is 6.15. The zero-order chi connectivity index (χ0) is 27.1. The molecule has 192 valence electrons. The number of pyridine rings is 1. The molecule has 2 aromatic heterocycles. The number of nitrogens with one attached hydrogen (secondary N) is 1. The van der Waals surface area contributed by atoms with Gasteiger partial charge in [0, 0.05) is 22.3 Å². The summed E-state index contributed by atoms with van der Waals surface area (Å²) in [5.41, 5.74) is 2.04. The van der Waals surface area contributed by atoms with Gasteiger partial charge in [0.05, 0.1) is 22.5 Å². The summed E-state index contributed by atoms with van der Waals surface area (Å²) < 4.78 is 81.5. The Morgan fingerprint density at radius 3 is 2.38 bits per heavy atom. The summed E-state index contributed by atoms with van der Waals surface area (Å²) in [7, 11) is -4.53. The molecule has 0 aliphatic rings. The van der Waals surface area contributed by atoms with Crippen molar-refractivity contribution in [1.82, 2.24) is 14.3 Å². The van der Waals surface area contributed by atoms with Crippen LogP contribution in [0.4, 0.5) is 17.6 Å². The van der Waals surface area contributed by atoms with E-state index in [0.29, 0.717) is 40.5 Å². The molecule has 2 heterocycles. The number of sulfonamides is 1. The van der Waals surface area contributed by atoms with Gasteiger partial charge < -0.3 is 4.57 Å². The van der Waals surface area contributed by atoms with Crippen LogP contribution in [-0.2, 0) is 16.4 Å². The summed E-state index contributed by atoms with van der Waals surface area (Å²) in [5, 5.41) is 10.8. The average molecular weight is 551 g/mol. The summed E-state index contributed by atoms with van der Waals surface area (Å²) in [6, 6.07) is 11.7. The Morgan fingerprint density at radius 1 is 1.16 bits per heavy atom. The van der Waals surface area contributed by atoms with Crippen molar-refractivity contribution in [2.24, 2.45) is 0 Å². The molecule has 1 unspecified atom stereocenters. The van der Waals surface area contributed by atoms with Gasteiger partial charge >= 0.3 is 6.18 Å². The third kappa shape index (κ3) is 5.05. The molecule has 0 saturated heterocycles. The molecule has 0 aliphatic heterocycles. The number of aryl methyl sites for hydroxylation is 1. The summed E-state index contributed by atoms with van der Waals surface area (Å²) >= 11 is 6.04. The number of aromatic nitrogens is 2. The molecular weight excluding hydrogens is 532 g/mol. The van der Waals surface area contributed by atoms with Crippen molar-refractivity contribution in [3.05, 3.63) is 76.7 Å². The van der Waals surface area contributed by atoms with Gasteiger partial charge in [0.25, 0.3) is 0 Å². The predicted molar refractivity (Wildman–Crippen MR) is 131 cm³/mol. The summed E-state index contributed by atoms with van der Waals surface area (Å²) in [6.07, 6.45) is -3.46. The van der Waals surface area contributed by atoms with Crippen LogP contribution in [0.15, 0.2) is 59.6 Å². The lowest BCUT2D eigenvalue weighted by Gasteiger charge is -2.17. The molecule has 4 aromatic rings. The molecule has 6 nitrogen and oxygen atoms in total. The minimum Gasteiger partial charge on any atom is -0.307 e. The molecule has 4 rings (SSSR count). The number of hydrogen-bond acceptors (Lipinski definition) is 4. The maximum Gasteiger partial charge on any atom is 0.404 e. The molecule has 0 saturated carbocycles. The van der Waals surface area contributed by atoms with E-state index in [1.54, 1.807) is 46.5 Å². The van der Waals surface area contributed by atoms with Crippen molar-refractivity contribution < 1.29 is 26.0 Å². The minimum absolute atomic E-state index is 0.0958. The molecule has 0 bridgehead atoms. The van der Waals surface area contributed by atoms with Crippen LogP contribution in [0.2, 0.25) is 5.02 Å². The lowest BCUT2D eigenvalue weighted by atomic mass is 10.1. The quantitative estimate of drug-likeness (QED) is 0.292. The summed E-state index contributed by atoms with van der Waals surface area (Å²) in [4.78, 5) is 3.68. The molecule has 2 aromatic carbocycles. The van der Waals surface area contributed by atoms with Crippen molar-refractivity contribution >= 4 is 32.5 Å². The van der Waals surface area contributed by atoms with E-state index in [2.05, 4.69) is 11.1 Å². The third-order valence-corrected chi connectivity index (χ3v) is 7.60.